The molecule has 0 bridgehead atoms. The zero-order valence-corrected chi connectivity index (χ0v) is 13.9. The molecule has 0 unspecified atom stereocenters. The molecule has 0 fully saturated rings. The van der Waals surface area contributed by atoms with E-state index in [1.54, 1.807) is 0 Å². The van der Waals surface area contributed by atoms with Gasteiger partial charge in [0.05, 0.1) is 11.4 Å². The molecule has 5 nitrogen and oxygen atoms in total. The summed E-state index contributed by atoms with van der Waals surface area (Å²) in [5.41, 5.74) is 9.59. The normalized spacial score (nSPS) is 10.3. The molecule has 2 heterocycles. The standard InChI is InChI=1S/C18H15N5S/c1-12-6-5-9-14(21-12)11-24-18-22-16(13-7-3-2-4-8-13)15(10-19)17(20)23-18/h2-9H,11H2,1H3,(H2,20,22,23). The number of hydrogen-bond acceptors (Lipinski definition) is 6. The van der Waals surface area contributed by atoms with Gasteiger partial charge in [-0.2, -0.15) is 5.26 Å². The van der Waals surface area contributed by atoms with Crippen LogP contribution in [0.2, 0.25) is 0 Å². The quantitative estimate of drug-likeness (QED) is 0.580. The van der Waals surface area contributed by atoms with Crippen molar-refractivity contribution in [2.24, 2.45) is 0 Å². The Hall–Kier alpha value is -2.91. The molecule has 0 saturated carbocycles. The highest BCUT2D eigenvalue weighted by atomic mass is 32.2. The van der Waals surface area contributed by atoms with Crippen LogP contribution in [-0.2, 0) is 5.75 Å². The molecule has 6 heteroatoms. The molecule has 2 aromatic heterocycles. The summed E-state index contributed by atoms with van der Waals surface area (Å²) in [6.45, 7) is 1.96. The first-order valence-corrected chi connectivity index (χ1v) is 8.34. The van der Waals surface area contributed by atoms with E-state index >= 15 is 0 Å². The number of aryl methyl sites for hydroxylation is 1. The lowest BCUT2D eigenvalue weighted by Gasteiger charge is -2.08. The molecule has 0 amide bonds. The van der Waals surface area contributed by atoms with E-state index in [2.05, 4.69) is 21.0 Å². The summed E-state index contributed by atoms with van der Waals surface area (Å²) in [5.74, 6) is 0.840. The fourth-order valence-electron chi connectivity index (χ4n) is 2.25. The largest absolute Gasteiger partial charge is 0.382 e. The lowest BCUT2D eigenvalue weighted by molar-refractivity contribution is 0.972. The second kappa shape index (κ2) is 7.11. The number of nitrogen functional groups attached to an aromatic ring is 1. The lowest BCUT2D eigenvalue weighted by atomic mass is 10.1. The number of hydrogen-bond donors (Lipinski definition) is 1. The van der Waals surface area contributed by atoms with Gasteiger partial charge in [-0.1, -0.05) is 48.2 Å². The van der Waals surface area contributed by atoms with Gasteiger partial charge in [0.15, 0.2) is 5.16 Å². The molecule has 24 heavy (non-hydrogen) atoms. The van der Waals surface area contributed by atoms with E-state index in [4.69, 9.17) is 5.73 Å². The molecule has 0 aliphatic carbocycles. The fraction of sp³-hybridized carbons (Fsp3) is 0.111. The van der Waals surface area contributed by atoms with E-state index in [1.165, 1.54) is 11.8 Å². The van der Waals surface area contributed by atoms with Crippen molar-refractivity contribution >= 4 is 17.6 Å². The molecule has 118 valence electrons. The van der Waals surface area contributed by atoms with Gasteiger partial charge in [0.2, 0.25) is 0 Å². The summed E-state index contributed by atoms with van der Waals surface area (Å²) in [5, 5.41) is 9.90. The van der Waals surface area contributed by atoms with Crippen LogP contribution in [0.3, 0.4) is 0 Å². The van der Waals surface area contributed by atoms with Gasteiger partial charge in [0, 0.05) is 17.0 Å². The summed E-state index contributed by atoms with van der Waals surface area (Å²) in [6.07, 6.45) is 0. The number of nitrogens with two attached hydrogens (primary N) is 1. The predicted octanol–water partition coefficient (Wildman–Crippen LogP) is 3.59. The highest BCUT2D eigenvalue weighted by Crippen LogP contribution is 2.28. The van der Waals surface area contributed by atoms with E-state index in [0.29, 0.717) is 22.2 Å². The van der Waals surface area contributed by atoms with Crippen LogP contribution in [0, 0.1) is 18.3 Å². The maximum atomic E-state index is 9.36. The third-order valence-electron chi connectivity index (χ3n) is 3.37. The predicted molar refractivity (Wildman–Crippen MR) is 95.1 cm³/mol. The molecular formula is C18H15N5S. The van der Waals surface area contributed by atoms with E-state index in [0.717, 1.165) is 17.0 Å². The van der Waals surface area contributed by atoms with E-state index < -0.39 is 0 Å². The van der Waals surface area contributed by atoms with Crippen molar-refractivity contribution in [2.75, 3.05) is 5.73 Å². The van der Waals surface area contributed by atoms with Gasteiger partial charge in [0.1, 0.15) is 17.5 Å². The van der Waals surface area contributed by atoms with Crippen molar-refractivity contribution in [3.63, 3.8) is 0 Å². The zero-order chi connectivity index (χ0) is 16.9. The Morgan fingerprint density at radius 1 is 1.04 bits per heavy atom. The average molecular weight is 333 g/mol. The van der Waals surface area contributed by atoms with Crippen molar-refractivity contribution < 1.29 is 0 Å². The van der Waals surface area contributed by atoms with Gasteiger partial charge in [0.25, 0.3) is 0 Å². The average Bonchev–Trinajstić information content (AvgIpc) is 2.60. The van der Waals surface area contributed by atoms with E-state index in [-0.39, 0.29) is 5.82 Å². The monoisotopic (exact) mass is 333 g/mol. The van der Waals surface area contributed by atoms with Gasteiger partial charge in [-0.25, -0.2) is 9.97 Å². The number of anilines is 1. The number of aromatic nitrogens is 3. The van der Waals surface area contributed by atoms with Gasteiger partial charge in [-0.3, -0.25) is 4.98 Å². The maximum absolute atomic E-state index is 9.36. The Morgan fingerprint density at radius 3 is 2.54 bits per heavy atom. The minimum absolute atomic E-state index is 0.200. The first-order chi connectivity index (χ1) is 11.7. The molecule has 1 aromatic carbocycles. The maximum Gasteiger partial charge on any atom is 0.190 e. The number of rotatable bonds is 4. The van der Waals surface area contributed by atoms with Crippen molar-refractivity contribution in [3.8, 4) is 17.3 Å². The van der Waals surface area contributed by atoms with Crippen LogP contribution in [0.5, 0.6) is 0 Å². The minimum Gasteiger partial charge on any atom is -0.382 e. The zero-order valence-electron chi connectivity index (χ0n) is 13.1. The lowest BCUT2D eigenvalue weighted by Crippen LogP contribution is -2.02. The number of pyridine rings is 1. The molecule has 0 aliphatic rings. The fourth-order valence-corrected chi connectivity index (χ4v) is 3.01. The van der Waals surface area contributed by atoms with Gasteiger partial charge in [-0.15, -0.1) is 0 Å². The van der Waals surface area contributed by atoms with Crippen LogP contribution in [-0.4, -0.2) is 15.0 Å². The number of nitrogens with zero attached hydrogens (tertiary/aromatic N) is 4. The summed E-state index contributed by atoms with van der Waals surface area (Å²) >= 11 is 1.45. The molecule has 0 radical (unpaired) electrons. The molecule has 3 aromatic rings. The minimum atomic E-state index is 0.200. The van der Waals surface area contributed by atoms with E-state index in [1.807, 2.05) is 55.5 Å². The molecule has 0 aliphatic heterocycles. The Bertz CT molecular complexity index is 903. The topological polar surface area (TPSA) is 88.5 Å². The molecular weight excluding hydrogens is 318 g/mol. The summed E-state index contributed by atoms with van der Waals surface area (Å²) in [7, 11) is 0. The van der Waals surface area contributed by atoms with Crippen molar-refractivity contribution in [1.29, 1.82) is 5.26 Å². The summed E-state index contributed by atoms with van der Waals surface area (Å²) in [4.78, 5) is 13.2. The van der Waals surface area contributed by atoms with E-state index in [9.17, 15) is 5.26 Å². The Morgan fingerprint density at radius 2 is 1.83 bits per heavy atom. The van der Waals surface area contributed by atoms with Crippen LogP contribution < -0.4 is 5.73 Å². The van der Waals surface area contributed by atoms with Crippen molar-refractivity contribution in [1.82, 2.24) is 15.0 Å². The summed E-state index contributed by atoms with van der Waals surface area (Å²) < 4.78 is 0. The molecule has 0 saturated heterocycles. The summed E-state index contributed by atoms with van der Waals surface area (Å²) in [6, 6.07) is 17.5. The van der Waals surface area contributed by atoms with Crippen LogP contribution >= 0.6 is 11.8 Å². The number of benzene rings is 1. The van der Waals surface area contributed by atoms with Crippen LogP contribution in [0.25, 0.3) is 11.3 Å². The SMILES string of the molecule is Cc1cccc(CSc2nc(N)c(C#N)c(-c3ccccc3)n2)n1. The number of thioether (sulfide) groups is 1. The molecule has 2 N–H and O–H groups in total. The van der Waals surface area contributed by atoms with Crippen molar-refractivity contribution in [2.45, 2.75) is 17.8 Å². The third-order valence-corrected chi connectivity index (χ3v) is 4.25. The molecule has 0 atom stereocenters. The Kier molecular flexibility index (Phi) is 4.73. The van der Waals surface area contributed by atoms with Gasteiger partial charge in [-0.05, 0) is 19.1 Å². The van der Waals surface area contributed by atoms with Gasteiger partial charge < -0.3 is 5.73 Å². The van der Waals surface area contributed by atoms with Crippen LogP contribution in [0.1, 0.15) is 17.0 Å². The molecule has 3 rings (SSSR count). The molecule has 0 spiro atoms. The first kappa shape index (κ1) is 16.0. The van der Waals surface area contributed by atoms with Crippen LogP contribution in [0.15, 0.2) is 53.7 Å². The third kappa shape index (κ3) is 3.53. The van der Waals surface area contributed by atoms with Crippen molar-refractivity contribution in [3.05, 3.63) is 65.5 Å². The first-order valence-electron chi connectivity index (χ1n) is 7.35. The second-order valence-electron chi connectivity index (χ2n) is 5.15. The second-order valence-corrected chi connectivity index (χ2v) is 6.09. The Balaban J connectivity index is 1.92. The highest BCUT2D eigenvalue weighted by Gasteiger charge is 2.14. The number of nitriles is 1. The van der Waals surface area contributed by atoms with Crippen LogP contribution in [0.4, 0.5) is 5.82 Å². The smallest absolute Gasteiger partial charge is 0.190 e. The highest BCUT2D eigenvalue weighted by molar-refractivity contribution is 7.98. The Labute approximate surface area is 144 Å². The van der Waals surface area contributed by atoms with Gasteiger partial charge >= 0.3 is 0 Å².